The Kier molecular flexibility index (Phi) is 4.42. The zero-order chi connectivity index (χ0) is 18.3. The first kappa shape index (κ1) is 17.1. The van der Waals surface area contributed by atoms with Crippen molar-refractivity contribution in [3.8, 4) is 0 Å². The third-order valence-electron chi connectivity index (χ3n) is 4.43. The average molecular weight is 383 g/mol. The van der Waals surface area contributed by atoms with E-state index in [4.69, 9.17) is 0 Å². The molecule has 4 rings (SSSR count). The number of benzene rings is 1. The molecule has 5 nitrogen and oxygen atoms in total. The summed E-state index contributed by atoms with van der Waals surface area (Å²) in [4.78, 5) is 13.6. The van der Waals surface area contributed by atoms with Crippen LogP contribution in [0.15, 0.2) is 48.1 Å². The number of thiazole rings is 1. The van der Waals surface area contributed by atoms with Gasteiger partial charge in [0.25, 0.3) is 0 Å². The standard InChI is InChI=1S/C19H18N4OS2/c1-4-9-22-12(2)10-14(13(22)3)16(24)11-25-18-20-21-19-23(18)15-7-5-6-8-17(15)26-19/h4-8,10H,1,9,11H2,2-3H3. The monoisotopic (exact) mass is 382 g/mol. The maximum absolute atomic E-state index is 12.8. The Labute approximate surface area is 159 Å². The number of allylic oxidation sites excluding steroid dienone is 1. The van der Waals surface area contributed by atoms with Gasteiger partial charge >= 0.3 is 0 Å². The highest BCUT2D eigenvalue weighted by Gasteiger charge is 2.18. The van der Waals surface area contributed by atoms with E-state index in [1.165, 1.54) is 16.5 Å². The normalized spacial score (nSPS) is 11.5. The van der Waals surface area contributed by atoms with Crippen molar-refractivity contribution >= 4 is 44.1 Å². The van der Waals surface area contributed by atoms with Crippen molar-refractivity contribution in [2.24, 2.45) is 0 Å². The number of para-hydroxylation sites is 1. The number of Topliss-reactive ketones (excluding diaryl/α,β-unsaturated/α-hetero) is 1. The summed E-state index contributed by atoms with van der Waals surface area (Å²) in [5, 5.41) is 9.27. The van der Waals surface area contributed by atoms with Crippen LogP contribution in [-0.4, -0.2) is 30.7 Å². The average Bonchev–Trinajstić information content (AvgIpc) is 3.28. The van der Waals surface area contributed by atoms with Gasteiger partial charge in [-0.25, -0.2) is 0 Å². The molecule has 1 aromatic carbocycles. The van der Waals surface area contributed by atoms with Gasteiger partial charge in [0.05, 0.1) is 16.0 Å². The second-order valence-corrected chi connectivity index (χ2v) is 8.02. The largest absolute Gasteiger partial charge is 0.345 e. The Morgan fingerprint density at radius 3 is 2.92 bits per heavy atom. The lowest BCUT2D eigenvalue weighted by Crippen LogP contribution is -2.06. The Bertz CT molecular complexity index is 1140. The van der Waals surface area contributed by atoms with E-state index in [9.17, 15) is 4.79 Å². The van der Waals surface area contributed by atoms with Crippen molar-refractivity contribution in [2.75, 3.05) is 5.75 Å². The SMILES string of the molecule is C=CCn1c(C)cc(C(=O)CSc2nnc3sc4ccccc4n23)c1C. The Balaban J connectivity index is 1.60. The molecule has 0 saturated heterocycles. The van der Waals surface area contributed by atoms with Crippen LogP contribution >= 0.6 is 23.1 Å². The second-order valence-electron chi connectivity index (χ2n) is 6.07. The minimum Gasteiger partial charge on any atom is -0.345 e. The van der Waals surface area contributed by atoms with Crippen LogP contribution in [0.1, 0.15) is 21.7 Å². The first-order valence-corrected chi connectivity index (χ1v) is 10.1. The summed E-state index contributed by atoms with van der Waals surface area (Å²) in [5.74, 6) is 0.443. The summed E-state index contributed by atoms with van der Waals surface area (Å²) in [6.45, 7) is 8.49. The molecule has 0 fully saturated rings. The molecule has 4 aromatic rings. The second kappa shape index (κ2) is 6.74. The lowest BCUT2D eigenvalue weighted by molar-refractivity contribution is 0.102. The van der Waals surface area contributed by atoms with Crippen molar-refractivity contribution in [3.05, 3.63) is 59.9 Å². The van der Waals surface area contributed by atoms with Crippen LogP contribution in [0.5, 0.6) is 0 Å². The van der Waals surface area contributed by atoms with E-state index in [0.717, 1.165) is 32.6 Å². The molecule has 132 valence electrons. The zero-order valence-electron chi connectivity index (χ0n) is 14.6. The van der Waals surface area contributed by atoms with Crippen LogP contribution in [0.4, 0.5) is 0 Å². The molecule has 0 atom stereocenters. The van der Waals surface area contributed by atoms with Crippen LogP contribution in [-0.2, 0) is 6.54 Å². The van der Waals surface area contributed by atoms with Crippen molar-refractivity contribution in [3.63, 3.8) is 0 Å². The van der Waals surface area contributed by atoms with Gasteiger partial charge in [-0.05, 0) is 32.0 Å². The van der Waals surface area contributed by atoms with Crippen molar-refractivity contribution in [2.45, 2.75) is 25.5 Å². The summed E-state index contributed by atoms with van der Waals surface area (Å²) in [7, 11) is 0. The summed E-state index contributed by atoms with van der Waals surface area (Å²) >= 11 is 3.04. The Morgan fingerprint density at radius 2 is 2.12 bits per heavy atom. The molecular weight excluding hydrogens is 364 g/mol. The number of carbonyl (C=O) groups is 1. The van der Waals surface area contributed by atoms with E-state index in [2.05, 4.69) is 33.5 Å². The van der Waals surface area contributed by atoms with Gasteiger partial charge in [0.2, 0.25) is 4.96 Å². The molecule has 3 heterocycles. The first-order chi connectivity index (χ1) is 12.6. The zero-order valence-corrected chi connectivity index (χ0v) is 16.2. The maximum Gasteiger partial charge on any atom is 0.217 e. The highest BCUT2D eigenvalue weighted by molar-refractivity contribution is 7.99. The quantitative estimate of drug-likeness (QED) is 0.279. The van der Waals surface area contributed by atoms with Gasteiger partial charge in [-0.1, -0.05) is 41.3 Å². The number of carbonyl (C=O) groups excluding carboxylic acids is 1. The minimum atomic E-state index is 0.106. The van der Waals surface area contributed by atoms with Gasteiger partial charge in [0.1, 0.15) is 0 Å². The molecule has 0 aliphatic heterocycles. The van der Waals surface area contributed by atoms with E-state index in [1.54, 1.807) is 11.3 Å². The summed E-state index contributed by atoms with van der Waals surface area (Å²) in [6, 6.07) is 10.1. The predicted molar refractivity (Wildman–Crippen MR) is 108 cm³/mol. The van der Waals surface area contributed by atoms with Crippen LogP contribution in [0.25, 0.3) is 15.2 Å². The number of fused-ring (bicyclic) bond motifs is 3. The summed E-state index contributed by atoms with van der Waals surface area (Å²) < 4.78 is 5.30. The topological polar surface area (TPSA) is 52.2 Å². The van der Waals surface area contributed by atoms with E-state index < -0.39 is 0 Å². The van der Waals surface area contributed by atoms with Gasteiger partial charge in [-0.3, -0.25) is 9.20 Å². The predicted octanol–water partition coefficient (Wildman–Crippen LogP) is 4.52. The molecule has 0 bridgehead atoms. The number of hydrogen-bond acceptors (Lipinski definition) is 5. The van der Waals surface area contributed by atoms with Crippen LogP contribution in [0, 0.1) is 13.8 Å². The van der Waals surface area contributed by atoms with Crippen LogP contribution in [0.3, 0.4) is 0 Å². The Hall–Kier alpha value is -2.38. The number of hydrogen-bond donors (Lipinski definition) is 0. The number of thioether (sulfide) groups is 1. The minimum absolute atomic E-state index is 0.106. The number of aromatic nitrogens is 4. The van der Waals surface area contributed by atoms with E-state index in [1.807, 2.05) is 42.5 Å². The number of aryl methyl sites for hydroxylation is 1. The Morgan fingerprint density at radius 1 is 1.31 bits per heavy atom. The highest BCUT2D eigenvalue weighted by atomic mass is 32.2. The molecule has 0 aliphatic rings. The van der Waals surface area contributed by atoms with Crippen molar-refractivity contribution in [1.82, 2.24) is 19.2 Å². The molecule has 7 heteroatoms. The molecular formula is C19H18N4OS2. The van der Waals surface area contributed by atoms with Crippen molar-refractivity contribution < 1.29 is 4.79 Å². The molecule has 26 heavy (non-hydrogen) atoms. The maximum atomic E-state index is 12.8. The smallest absolute Gasteiger partial charge is 0.217 e. The summed E-state index contributed by atoms with van der Waals surface area (Å²) in [5.41, 5.74) is 3.91. The van der Waals surface area contributed by atoms with E-state index in [-0.39, 0.29) is 5.78 Å². The lowest BCUT2D eigenvalue weighted by Gasteiger charge is -2.06. The molecule has 0 unspecified atom stereocenters. The van der Waals surface area contributed by atoms with Gasteiger partial charge in [-0.15, -0.1) is 16.8 Å². The van der Waals surface area contributed by atoms with Crippen LogP contribution < -0.4 is 0 Å². The van der Waals surface area contributed by atoms with Gasteiger partial charge < -0.3 is 4.57 Å². The van der Waals surface area contributed by atoms with Gasteiger partial charge in [0, 0.05) is 23.5 Å². The van der Waals surface area contributed by atoms with E-state index >= 15 is 0 Å². The third-order valence-corrected chi connectivity index (χ3v) is 6.37. The number of nitrogens with zero attached hydrogens (tertiary/aromatic N) is 4. The molecule has 0 radical (unpaired) electrons. The fourth-order valence-electron chi connectivity index (χ4n) is 3.15. The number of ketones is 1. The molecule has 0 N–H and O–H groups in total. The van der Waals surface area contributed by atoms with Crippen LogP contribution in [0.2, 0.25) is 0 Å². The fraction of sp³-hybridized carbons (Fsp3) is 0.211. The van der Waals surface area contributed by atoms with Crippen molar-refractivity contribution in [1.29, 1.82) is 0 Å². The summed E-state index contributed by atoms with van der Waals surface area (Å²) in [6.07, 6.45) is 1.84. The van der Waals surface area contributed by atoms with Gasteiger partial charge in [0.15, 0.2) is 10.9 Å². The molecule has 0 aliphatic carbocycles. The molecule has 3 aromatic heterocycles. The third kappa shape index (κ3) is 2.77. The lowest BCUT2D eigenvalue weighted by atomic mass is 10.2. The first-order valence-electron chi connectivity index (χ1n) is 8.26. The highest BCUT2D eigenvalue weighted by Crippen LogP contribution is 2.30. The van der Waals surface area contributed by atoms with Gasteiger partial charge in [-0.2, -0.15) is 0 Å². The number of rotatable bonds is 6. The molecule has 0 spiro atoms. The fourth-order valence-corrected chi connectivity index (χ4v) is 5.00. The van der Waals surface area contributed by atoms with E-state index in [0.29, 0.717) is 12.3 Å². The molecule has 0 amide bonds. The molecule has 0 saturated carbocycles.